The molecule has 0 atom stereocenters. The summed E-state index contributed by atoms with van der Waals surface area (Å²) in [4.78, 5) is 0. The van der Waals surface area contributed by atoms with Gasteiger partial charge < -0.3 is 0 Å². The Bertz CT molecular complexity index is 2550. The van der Waals surface area contributed by atoms with E-state index < -0.39 is 0 Å². The number of benzene rings is 8. The molecule has 0 nitrogen and oxygen atoms in total. The van der Waals surface area contributed by atoms with E-state index in [2.05, 4.69) is 48.5 Å². The van der Waals surface area contributed by atoms with Crippen LogP contribution in [-0.4, -0.2) is 0 Å². The molecule has 0 aromatic heterocycles. The number of rotatable bonds is 3. The van der Waals surface area contributed by atoms with E-state index in [1.54, 1.807) is 30.3 Å². The minimum atomic E-state index is 0.120. The third kappa shape index (κ3) is 3.54. The van der Waals surface area contributed by atoms with Gasteiger partial charge in [-0.25, -0.2) is 0 Å². The highest BCUT2D eigenvalue weighted by Crippen LogP contribution is 2.46. The van der Waals surface area contributed by atoms with Crippen LogP contribution in [0.3, 0.4) is 0 Å². The molecule has 0 spiro atoms. The molecule has 0 unspecified atom stereocenters. The van der Waals surface area contributed by atoms with Crippen molar-refractivity contribution < 1.29 is 8.22 Å². The summed E-state index contributed by atoms with van der Waals surface area (Å²) in [5.74, 6) is 0. The quantitative estimate of drug-likeness (QED) is 0.207. The Kier molecular flexibility index (Phi) is 4.01. The van der Waals surface area contributed by atoms with Gasteiger partial charge in [0, 0.05) is 0 Å². The Morgan fingerprint density at radius 3 is 1.85 bits per heavy atom. The van der Waals surface area contributed by atoms with Gasteiger partial charge in [-0.15, -0.1) is 0 Å². The predicted octanol–water partition coefficient (Wildman–Crippen LogP) is 11.3. The molecule has 0 aliphatic heterocycles. The van der Waals surface area contributed by atoms with Crippen molar-refractivity contribution in [2.24, 2.45) is 0 Å². The lowest BCUT2D eigenvalue weighted by atomic mass is 9.84. The summed E-state index contributed by atoms with van der Waals surface area (Å²) >= 11 is 0. The third-order valence-electron chi connectivity index (χ3n) is 7.80. The molecule has 0 aliphatic carbocycles. The maximum absolute atomic E-state index is 9.20. The Balaban J connectivity index is 1.53. The van der Waals surface area contributed by atoms with Crippen molar-refractivity contribution in [3.63, 3.8) is 0 Å². The van der Waals surface area contributed by atoms with Crippen LogP contribution in [0.5, 0.6) is 0 Å². The van der Waals surface area contributed by atoms with E-state index in [1.807, 2.05) is 30.3 Å². The molecular weight excluding hydrogens is 480 g/mol. The molecule has 0 saturated carbocycles. The van der Waals surface area contributed by atoms with Crippen LogP contribution in [0, 0.1) is 0 Å². The zero-order valence-electron chi connectivity index (χ0n) is 27.5. The van der Waals surface area contributed by atoms with Gasteiger partial charge in [0.25, 0.3) is 0 Å². The Morgan fingerprint density at radius 2 is 1.02 bits per heavy atom. The second-order valence-electron chi connectivity index (χ2n) is 10.00. The topological polar surface area (TPSA) is 0 Å². The average Bonchev–Trinajstić information content (AvgIpc) is 3.04. The molecule has 8 aromatic rings. The highest BCUT2D eigenvalue weighted by molar-refractivity contribution is 6.24. The van der Waals surface area contributed by atoms with Crippen molar-refractivity contribution in [1.29, 1.82) is 0 Å². The summed E-state index contributed by atoms with van der Waals surface area (Å²) in [6.45, 7) is 0. The first-order chi connectivity index (χ1) is 22.3. The fourth-order valence-corrected chi connectivity index (χ4v) is 6.05. The van der Waals surface area contributed by atoms with Gasteiger partial charge >= 0.3 is 0 Å². The lowest BCUT2D eigenvalue weighted by Gasteiger charge is -2.19. The molecule has 0 bridgehead atoms. The lowest BCUT2D eigenvalue weighted by Crippen LogP contribution is -1.92. The summed E-state index contributed by atoms with van der Waals surface area (Å²) in [5, 5.41) is 6.65. The smallest absolute Gasteiger partial charge is 0.0622 e. The molecule has 8 aromatic carbocycles. The van der Waals surface area contributed by atoms with Crippen molar-refractivity contribution in [2.75, 3.05) is 0 Å². The molecule has 186 valence electrons. The van der Waals surface area contributed by atoms with Crippen LogP contribution in [0.15, 0.2) is 158 Å². The third-order valence-corrected chi connectivity index (χ3v) is 7.80. The largest absolute Gasteiger partial charge is 0.0629 e. The summed E-state index contributed by atoms with van der Waals surface area (Å²) in [5.41, 5.74) is 4.74. The van der Waals surface area contributed by atoms with Crippen molar-refractivity contribution in [2.45, 2.75) is 0 Å². The molecule has 0 aliphatic rings. The van der Waals surface area contributed by atoms with Crippen LogP contribution in [0.25, 0.3) is 76.5 Å². The van der Waals surface area contributed by atoms with Crippen molar-refractivity contribution in [3.8, 4) is 33.4 Å². The average molecular weight is 513 g/mol. The van der Waals surface area contributed by atoms with Crippen molar-refractivity contribution in [3.05, 3.63) is 158 Å². The van der Waals surface area contributed by atoms with E-state index in [0.29, 0.717) is 32.7 Å². The second kappa shape index (κ2) is 9.22. The van der Waals surface area contributed by atoms with E-state index in [9.17, 15) is 1.37 Å². The number of hydrogen-bond donors (Lipinski definition) is 0. The zero-order chi connectivity index (χ0) is 31.7. The lowest BCUT2D eigenvalue weighted by molar-refractivity contribution is 1.65. The van der Waals surface area contributed by atoms with Crippen LogP contribution in [0.1, 0.15) is 8.22 Å². The monoisotopic (exact) mass is 512 g/mol. The highest BCUT2D eigenvalue weighted by Gasteiger charge is 2.18. The molecule has 0 heteroatoms. The van der Waals surface area contributed by atoms with Gasteiger partial charge in [-0.1, -0.05) is 152 Å². The van der Waals surface area contributed by atoms with E-state index in [0.717, 1.165) is 38.4 Å². The summed E-state index contributed by atoms with van der Waals surface area (Å²) < 4.78 is 52.6. The van der Waals surface area contributed by atoms with Crippen molar-refractivity contribution in [1.82, 2.24) is 0 Å². The van der Waals surface area contributed by atoms with Gasteiger partial charge in [0.1, 0.15) is 0 Å². The summed E-state index contributed by atoms with van der Waals surface area (Å²) in [6.07, 6.45) is 0. The van der Waals surface area contributed by atoms with Gasteiger partial charge in [-0.2, -0.15) is 0 Å². The second-order valence-corrected chi connectivity index (χ2v) is 10.00. The van der Waals surface area contributed by atoms with E-state index in [1.165, 1.54) is 17.5 Å². The van der Waals surface area contributed by atoms with E-state index in [-0.39, 0.29) is 36.3 Å². The van der Waals surface area contributed by atoms with Crippen LogP contribution in [-0.2, 0) is 0 Å². The summed E-state index contributed by atoms with van der Waals surface area (Å²) in [6, 6.07) is 39.3. The SMILES string of the molecule is [2H]c1ccc([2H])c(-c2c3cc([2H])cc([2H])c3c(-c3cccc4c(-c5ccc6ccccc6c5)cccc34)c3cc([2H])cc([2H])c23)c1. The molecule has 0 radical (unpaired) electrons. The van der Waals surface area contributed by atoms with Crippen LogP contribution in [0.2, 0.25) is 0 Å². The van der Waals surface area contributed by atoms with Crippen LogP contribution in [0.4, 0.5) is 0 Å². The Hall–Kier alpha value is -5.20. The molecule has 40 heavy (non-hydrogen) atoms. The van der Waals surface area contributed by atoms with E-state index >= 15 is 0 Å². The maximum Gasteiger partial charge on any atom is 0.0629 e. The minimum Gasteiger partial charge on any atom is -0.0622 e. The van der Waals surface area contributed by atoms with Gasteiger partial charge in [0.2, 0.25) is 0 Å². The fraction of sp³-hybridized carbons (Fsp3) is 0. The molecule has 8 rings (SSSR count). The predicted molar refractivity (Wildman–Crippen MR) is 173 cm³/mol. The molecule has 0 heterocycles. The Labute approximate surface area is 242 Å². The highest BCUT2D eigenvalue weighted by atomic mass is 14.2. The van der Waals surface area contributed by atoms with Crippen molar-refractivity contribution >= 4 is 43.1 Å². The maximum atomic E-state index is 9.20. The van der Waals surface area contributed by atoms with E-state index in [4.69, 9.17) is 6.85 Å². The Morgan fingerprint density at radius 1 is 0.350 bits per heavy atom. The van der Waals surface area contributed by atoms with Gasteiger partial charge in [0.05, 0.1) is 8.22 Å². The molecule has 0 fully saturated rings. The van der Waals surface area contributed by atoms with Gasteiger partial charge in [-0.3, -0.25) is 0 Å². The normalized spacial score (nSPS) is 13.6. The van der Waals surface area contributed by atoms with Gasteiger partial charge in [0.15, 0.2) is 0 Å². The first-order valence-corrected chi connectivity index (χ1v) is 13.4. The van der Waals surface area contributed by atoms with Crippen LogP contribution < -0.4 is 0 Å². The zero-order valence-corrected chi connectivity index (χ0v) is 21.5. The van der Waals surface area contributed by atoms with Crippen LogP contribution >= 0.6 is 0 Å². The number of hydrogen-bond acceptors (Lipinski definition) is 0. The molecular formula is C40H26. The molecule has 0 N–H and O–H groups in total. The molecule has 0 saturated heterocycles. The fourth-order valence-electron chi connectivity index (χ4n) is 6.05. The first-order valence-electron chi connectivity index (χ1n) is 16.4. The standard InChI is InChI=1S/C40H26/c1-2-13-28(14-3-1)39-35-16-6-8-18-37(35)40(38-19-9-7-17-36(38)39)34-23-11-21-32-31(20-10-22-33(32)34)30-25-24-27-12-4-5-15-29(27)26-30/h1-26H/i2D,6D,9D,14D,17D,18D. The molecule has 0 amide bonds. The summed E-state index contributed by atoms with van der Waals surface area (Å²) in [7, 11) is 0. The minimum absolute atomic E-state index is 0.120. The van der Waals surface area contributed by atoms with Gasteiger partial charge in [-0.05, 0) is 82.5 Å². The number of fused-ring (bicyclic) bond motifs is 4. The first kappa shape index (κ1) is 17.4.